The normalized spacial score (nSPS) is 11.5. The number of benzene rings is 1. The first-order valence-corrected chi connectivity index (χ1v) is 5.62. The van der Waals surface area contributed by atoms with Gasteiger partial charge in [-0.2, -0.15) is 13.2 Å². The number of hydrogen-bond donors (Lipinski definition) is 2. The van der Waals surface area contributed by atoms with Gasteiger partial charge in [0.1, 0.15) is 0 Å². The molecule has 96 valence electrons. The fourth-order valence-corrected chi connectivity index (χ4v) is 1.60. The van der Waals surface area contributed by atoms with Crippen LogP contribution >= 0.6 is 11.6 Å². The van der Waals surface area contributed by atoms with Gasteiger partial charge in [0.15, 0.2) is 0 Å². The molecule has 0 heterocycles. The number of anilines is 2. The van der Waals surface area contributed by atoms with E-state index in [9.17, 15) is 13.2 Å². The highest BCUT2D eigenvalue weighted by Crippen LogP contribution is 2.25. The van der Waals surface area contributed by atoms with Crippen molar-refractivity contribution < 1.29 is 13.2 Å². The summed E-state index contributed by atoms with van der Waals surface area (Å²) in [5, 5.41) is 3.44. The van der Waals surface area contributed by atoms with Crippen LogP contribution in [0.5, 0.6) is 0 Å². The molecule has 0 spiro atoms. The molecular weight excluding hydrogens is 253 g/mol. The Labute approximate surface area is 103 Å². The summed E-state index contributed by atoms with van der Waals surface area (Å²) in [6.45, 7) is 0.458. The summed E-state index contributed by atoms with van der Waals surface area (Å²) in [7, 11) is 0. The van der Waals surface area contributed by atoms with Gasteiger partial charge in [0.05, 0.1) is 10.7 Å². The molecule has 0 fully saturated rings. The van der Waals surface area contributed by atoms with E-state index in [-0.39, 0.29) is 6.42 Å². The molecule has 0 radical (unpaired) electrons. The lowest BCUT2D eigenvalue weighted by Gasteiger charge is -2.09. The number of nitrogens with two attached hydrogens (primary N) is 1. The lowest BCUT2D eigenvalue weighted by molar-refractivity contribution is -0.135. The first kappa shape index (κ1) is 14.0. The highest BCUT2D eigenvalue weighted by atomic mass is 35.5. The molecule has 0 unspecified atom stereocenters. The maximum Gasteiger partial charge on any atom is 0.389 e. The molecule has 0 atom stereocenters. The number of unbranched alkanes of at least 4 members (excludes halogenated alkanes) is 1. The first-order chi connectivity index (χ1) is 7.88. The average molecular weight is 267 g/mol. The van der Waals surface area contributed by atoms with Crippen molar-refractivity contribution in [2.45, 2.75) is 25.4 Å². The van der Waals surface area contributed by atoms with E-state index >= 15 is 0 Å². The quantitative estimate of drug-likeness (QED) is 0.623. The molecular formula is C11H14ClF3N2. The summed E-state index contributed by atoms with van der Waals surface area (Å²) >= 11 is 5.89. The highest BCUT2D eigenvalue weighted by Gasteiger charge is 2.25. The molecule has 0 amide bonds. The van der Waals surface area contributed by atoms with Crippen LogP contribution in [0.2, 0.25) is 5.02 Å². The predicted octanol–water partition coefficient (Wildman–Crippen LogP) is 4.07. The molecule has 1 aromatic rings. The fraction of sp³-hybridized carbons (Fsp3) is 0.455. The zero-order valence-corrected chi connectivity index (χ0v) is 9.91. The third-order valence-electron chi connectivity index (χ3n) is 2.20. The van der Waals surface area contributed by atoms with Gasteiger partial charge in [-0.25, -0.2) is 0 Å². The number of nitrogens with one attached hydrogen (secondary N) is 1. The molecule has 0 aromatic heterocycles. The van der Waals surface area contributed by atoms with Crippen molar-refractivity contribution in [1.82, 2.24) is 0 Å². The van der Waals surface area contributed by atoms with Crippen molar-refractivity contribution >= 4 is 23.0 Å². The highest BCUT2D eigenvalue weighted by molar-refractivity contribution is 6.33. The molecule has 1 rings (SSSR count). The van der Waals surface area contributed by atoms with Gasteiger partial charge >= 0.3 is 6.18 Å². The van der Waals surface area contributed by atoms with Crippen molar-refractivity contribution in [1.29, 1.82) is 0 Å². The monoisotopic (exact) mass is 266 g/mol. The van der Waals surface area contributed by atoms with Crippen LogP contribution in [-0.2, 0) is 0 Å². The van der Waals surface area contributed by atoms with E-state index in [2.05, 4.69) is 5.32 Å². The Kier molecular flexibility index (Phi) is 4.93. The smallest absolute Gasteiger partial charge is 0.389 e. The van der Waals surface area contributed by atoms with E-state index in [1.54, 1.807) is 18.2 Å². The Bertz CT molecular complexity index is 366. The van der Waals surface area contributed by atoms with Gasteiger partial charge in [-0.15, -0.1) is 0 Å². The van der Waals surface area contributed by atoms with E-state index in [1.807, 2.05) is 0 Å². The lowest BCUT2D eigenvalue weighted by atomic mass is 10.2. The number of nitrogen functional groups attached to an aromatic ring is 1. The van der Waals surface area contributed by atoms with Crippen molar-refractivity contribution in [2.24, 2.45) is 0 Å². The van der Waals surface area contributed by atoms with Crippen molar-refractivity contribution in [2.75, 3.05) is 17.6 Å². The van der Waals surface area contributed by atoms with Crippen molar-refractivity contribution in [3.05, 3.63) is 23.2 Å². The topological polar surface area (TPSA) is 38.0 Å². The van der Waals surface area contributed by atoms with Crippen LogP contribution in [0.3, 0.4) is 0 Å². The van der Waals surface area contributed by atoms with Crippen LogP contribution in [0.25, 0.3) is 0 Å². The number of alkyl halides is 3. The Morgan fingerprint density at radius 1 is 1.24 bits per heavy atom. The zero-order chi connectivity index (χ0) is 12.9. The molecule has 3 N–H and O–H groups in total. The molecule has 6 heteroatoms. The molecule has 0 aliphatic rings. The summed E-state index contributed by atoms with van der Waals surface area (Å²) < 4.78 is 35.6. The lowest BCUT2D eigenvalue weighted by Crippen LogP contribution is -2.08. The Hall–Kier alpha value is -1.10. The molecule has 1 aromatic carbocycles. The van der Waals surface area contributed by atoms with Crippen LogP contribution < -0.4 is 11.1 Å². The second kappa shape index (κ2) is 6.00. The minimum atomic E-state index is -4.07. The summed E-state index contributed by atoms with van der Waals surface area (Å²) in [6.07, 6.45) is -4.26. The second-order valence-electron chi connectivity index (χ2n) is 3.74. The number of halogens is 4. The van der Waals surface area contributed by atoms with Crippen LogP contribution in [0.1, 0.15) is 19.3 Å². The zero-order valence-electron chi connectivity index (χ0n) is 9.15. The Morgan fingerprint density at radius 3 is 2.53 bits per heavy atom. The molecule has 17 heavy (non-hydrogen) atoms. The molecule has 0 saturated carbocycles. The van der Waals surface area contributed by atoms with Gasteiger partial charge in [-0.05, 0) is 31.0 Å². The third-order valence-corrected chi connectivity index (χ3v) is 2.51. The minimum Gasteiger partial charge on any atom is -0.399 e. The fourth-order valence-electron chi connectivity index (χ4n) is 1.35. The maximum absolute atomic E-state index is 11.9. The van der Waals surface area contributed by atoms with E-state index in [0.717, 1.165) is 0 Å². The minimum absolute atomic E-state index is 0.114. The summed E-state index contributed by atoms with van der Waals surface area (Å²) in [6, 6.07) is 4.99. The first-order valence-electron chi connectivity index (χ1n) is 5.24. The Morgan fingerprint density at radius 2 is 1.94 bits per heavy atom. The standard InChI is InChI=1S/C11H14ClF3N2/c12-9-7-8(16)3-4-10(9)17-6-2-1-5-11(13,14)15/h3-4,7,17H,1-2,5-6,16H2. The largest absolute Gasteiger partial charge is 0.399 e. The van der Waals surface area contributed by atoms with Crippen LogP contribution in [0.15, 0.2) is 18.2 Å². The summed E-state index contributed by atoms with van der Waals surface area (Å²) in [5.74, 6) is 0. The summed E-state index contributed by atoms with van der Waals surface area (Å²) in [4.78, 5) is 0. The van der Waals surface area contributed by atoms with E-state index in [0.29, 0.717) is 29.4 Å². The van der Waals surface area contributed by atoms with Gasteiger partial charge < -0.3 is 11.1 Å². The van der Waals surface area contributed by atoms with Gasteiger partial charge in [0, 0.05) is 18.7 Å². The van der Waals surface area contributed by atoms with Crippen LogP contribution in [0.4, 0.5) is 24.5 Å². The second-order valence-corrected chi connectivity index (χ2v) is 4.15. The van der Waals surface area contributed by atoms with E-state index in [1.165, 1.54) is 0 Å². The van der Waals surface area contributed by atoms with Crippen molar-refractivity contribution in [3.63, 3.8) is 0 Å². The molecule has 0 aliphatic heterocycles. The van der Waals surface area contributed by atoms with Crippen LogP contribution in [0, 0.1) is 0 Å². The molecule has 0 bridgehead atoms. The predicted molar refractivity (Wildman–Crippen MR) is 64.3 cm³/mol. The third kappa shape index (κ3) is 5.68. The van der Waals surface area contributed by atoms with Crippen LogP contribution in [-0.4, -0.2) is 12.7 Å². The maximum atomic E-state index is 11.9. The molecule has 0 aliphatic carbocycles. The number of rotatable bonds is 5. The van der Waals surface area contributed by atoms with Gasteiger partial charge in [0.25, 0.3) is 0 Å². The SMILES string of the molecule is Nc1ccc(NCCCCC(F)(F)F)c(Cl)c1. The molecule has 0 saturated heterocycles. The average Bonchev–Trinajstić information content (AvgIpc) is 2.18. The summed E-state index contributed by atoms with van der Waals surface area (Å²) in [5.41, 5.74) is 6.76. The Balaban J connectivity index is 2.27. The van der Waals surface area contributed by atoms with Gasteiger partial charge in [-0.1, -0.05) is 11.6 Å². The van der Waals surface area contributed by atoms with Gasteiger partial charge in [-0.3, -0.25) is 0 Å². The number of hydrogen-bond acceptors (Lipinski definition) is 2. The van der Waals surface area contributed by atoms with E-state index in [4.69, 9.17) is 17.3 Å². The van der Waals surface area contributed by atoms with E-state index < -0.39 is 12.6 Å². The van der Waals surface area contributed by atoms with Crippen molar-refractivity contribution in [3.8, 4) is 0 Å². The molecule has 2 nitrogen and oxygen atoms in total. The van der Waals surface area contributed by atoms with Gasteiger partial charge in [0.2, 0.25) is 0 Å².